The summed E-state index contributed by atoms with van der Waals surface area (Å²) in [4.78, 5) is 22.9. The van der Waals surface area contributed by atoms with Crippen LogP contribution in [0.2, 0.25) is 0 Å². The van der Waals surface area contributed by atoms with Gasteiger partial charge in [0.25, 0.3) is 0 Å². The molecule has 7 nitrogen and oxygen atoms in total. The van der Waals surface area contributed by atoms with Crippen LogP contribution in [0.15, 0.2) is 23.1 Å². The molecule has 1 aromatic carbocycles. The van der Waals surface area contributed by atoms with E-state index in [1.807, 2.05) is 0 Å². The highest BCUT2D eigenvalue weighted by atomic mass is 32.2. The Balaban J connectivity index is 3.24. The summed E-state index contributed by atoms with van der Waals surface area (Å²) in [5, 5.41) is 5.16. The molecule has 0 saturated carbocycles. The van der Waals surface area contributed by atoms with Gasteiger partial charge < -0.3 is 15.4 Å². The summed E-state index contributed by atoms with van der Waals surface area (Å²) >= 11 is 0. The first-order valence-corrected chi connectivity index (χ1v) is 7.55. The molecule has 1 amide bonds. The minimum absolute atomic E-state index is 0.0511. The molecule has 0 saturated heterocycles. The van der Waals surface area contributed by atoms with Gasteiger partial charge in [-0.2, -0.15) is 0 Å². The molecule has 0 heterocycles. The third-order valence-electron chi connectivity index (χ3n) is 2.38. The smallest absolute Gasteiger partial charge is 0.337 e. The molecule has 0 aliphatic heterocycles. The van der Waals surface area contributed by atoms with E-state index in [0.29, 0.717) is 0 Å². The Kier molecular flexibility index (Phi) is 5.23. The highest BCUT2D eigenvalue weighted by Gasteiger charge is 2.15. The lowest BCUT2D eigenvalue weighted by atomic mass is 10.2. The lowest BCUT2D eigenvalue weighted by Gasteiger charge is -2.09. The molecule has 0 atom stereocenters. The average molecular weight is 300 g/mol. The molecule has 110 valence electrons. The molecule has 0 fully saturated rings. The zero-order valence-corrected chi connectivity index (χ0v) is 12.2. The Morgan fingerprint density at radius 1 is 1.25 bits per heavy atom. The lowest BCUT2D eigenvalue weighted by Crippen LogP contribution is -2.25. The molecule has 0 spiro atoms. The van der Waals surface area contributed by atoms with Gasteiger partial charge in [-0.1, -0.05) is 0 Å². The van der Waals surface area contributed by atoms with Gasteiger partial charge in [0.2, 0.25) is 5.91 Å². The van der Waals surface area contributed by atoms with Gasteiger partial charge in [-0.3, -0.25) is 4.79 Å². The number of amides is 1. The van der Waals surface area contributed by atoms with Gasteiger partial charge in [-0.05, 0) is 25.2 Å². The number of rotatable bonds is 5. The van der Waals surface area contributed by atoms with Crippen molar-refractivity contribution in [3.05, 3.63) is 23.8 Å². The van der Waals surface area contributed by atoms with E-state index in [1.165, 1.54) is 25.3 Å². The van der Waals surface area contributed by atoms with Gasteiger partial charge in [0.05, 0.1) is 24.1 Å². The maximum absolute atomic E-state index is 11.6. The quantitative estimate of drug-likeness (QED) is 0.744. The summed E-state index contributed by atoms with van der Waals surface area (Å²) < 4.78 is 27.7. The molecule has 20 heavy (non-hydrogen) atoms. The van der Waals surface area contributed by atoms with Crippen LogP contribution in [0.1, 0.15) is 10.4 Å². The van der Waals surface area contributed by atoms with E-state index < -0.39 is 15.8 Å². The van der Waals surface area contributed by atoms with Crippen molar-refractivity contribution in [2.24, 2.45) is 0 Å². The normalized spacial score (nSPS) is 10.9. The number of likely N-dealkylation sites (N-methyl/N-ethyl adjacent to an activating group) is 1. The first-order valence-electron chi connectivity index (χ1n) is 5.66. The van der Waals surface area contributed by atoms with E-state index in [0.717, 1.165) is 6.26 Å². The molecule has 0 unspecified atom stereocenters. The van der Waals surface area contributed by atoms with Crippen molar-refractivity contribution >= 4 is 27.4 Å². The molecule has 0 radical (unpaired) electrons. The number of carbonyl (C=O) groups is 2. The Labute approximate surface area is 117 Å². The summed E-state index contributed by atoms with van der Waals surface area (Å²) in [6, 6.07) is 3.85. The summed E-state index contributed by atoms with van der Waals surface area (Å²) in [5.74, 6) is -1.03. The van der Waals surface area contributed by atoms with Crippen molar-refractivity contribution in [1.82, 2.24) is 5.32 Å². The molecule has 0 aromatic heterocycles. The van der Waals surface area contributed by atoms with E-state index in [4.69, 9.17) is 0 Å². The number of ether oxygens (including phenoxy) is 1. The van der Waals surface area contributed by atoms with E-state index in [1.54, 1.807) is 7.05 Å². The molecule has 1 rings (SSSR count). The SMILES string of the molecule is CNCC(=O)Nc1cc(C(=O)OC)cc(S(C)(=O)=O)c1. The number of nitrogens with one attached hydrogen (secondary N) is 2. The highest BCUT2D eigenvalue weighted by molar-refractivity contribution is 7.90. The molecule has 0 bridgehead atoms. The molecular weight excluding hydrogens is 284 g/mol. The third-order valence-corrected chi connectivity index (χ3v) is 3.47. The number of hydrogen-bond donors (Lipinski definition) is 2. The summed E-state index contributed by atoms with van der Waals surface area (Å²) in [6.07, 6.45) is 1.02. The van der Waals surface area contributed by atoms with Gasteiger partial charge in [0.1, 0.15) is 0 Å². The molecule has 0 aliphatic carbocycles. The first kappa shape index (κ1) is 16.1. The van der Waals surface area contributed by atoms with Gasteiger partial charge in [0.15, 0.2) is 9.84 Å². The minimum Gasteiger partial charge on any atom is -0.465 e. The molecule has 8 heteroatoms. The van der Waals surface area contributed by atoms with Crippen molar-refractivity contribution in [2.75, 3.05) is 32.3 Å². The predicted octanol–water partition coefficient (Wildman–Crippen LogP) is 0.0346. The monoisotopic (exact) mass is 300 g/mol. The molecule has 2 N–H and O–H groups in total. The van der Waals surface area contributed by atoms with Crippen LogP contribution < -0.4 is 10.6 Å². The van der Waals surface area contributed by atoms with Gasteiger partial charge >= 0.3 is 5.97 Å². The number of anilines is 1. The topological polar surface area (TPSA) is 102 Å². The number of esters is 1. The fourth-order valence-corrected chi connectivity index (χ4v) is 2.17. The van der Waals surface area contributed by atoms with Crippen LogP contribution in [-0.2, 0) is 19.4 Å². The summed E-state index contributed by atoms with van der Waals surface area (Å²) in [6.45, 7) is 0.0661. The van der Waals surface area contributed by atoms with Crippen LogP contribution >= 0.6 is 0 Å². The molecule has 1 aromatic rings. The van der Waals surface area contributed by atoms with Gasteiger partial charge in [-0.15, -0.1) is 0 Å². The van der Waals surface area contributed by atoms with Crippen molar-refractivity contribution in [1.29, 1.82) is 0 Å². The standard InChI is InChI=1S/C12H16N2O5S/c1-13-7-11(15)14-9-4-8(12(16)19-2)5-10(6-9)20(3,17)18/h4-6,13H,7H2,1-3H3,(H,14,15). The second kappa shape index (κ2) is 6.49. The van der Waals surface area contributed by atoms with E-state index in [2.05, 4.69) is 15.4 Å². The van der Waals surface area contributed by atoms with Crippen LogP contribution in [0.3, 0.4) is 0 Å². The van der Waals surface area contributed by atoms with E-state index in [9.17, 15) is 18.0 Å². The summed E-state index contributed by atoms with van der Waals surface area (Å²) in [5.41, 5.74) is 0.267. The highest BCUT2D eigenvalue weighted by Crippen LogP contribution is 2.19. The van der Waals surface area contributed by atoms with E-state index >= 15 is 0 Å². The Bertz CT molecular complexity index is 625. The number of methoxy groups -OCH3 is 1. The molecule has 0 aliphatic rings. The Morgan fingerprint density at radius 2 is 1.90 bits per heavy atom. The van der Waals surface area contributed by atoms with Crippen LogP contribution in [0, 0.1) is 0 Å². The lowest BCUT2D eigenvalue weighted by molar-refractivity contribution is -0.115. The first-order chi connectivity index (χ1) is 9.27. The van der Waals surface area contributed by atoms with Crippen LogP contribution in [0.25, 0.3) is 0 Å². The second-order valence-corrected chi connectivity index (χ2v) is 6.10. The maximum Gasteiger partial charge on any atom is 0.337 e. The van der Waals surface area contributed by atoms with Crippen molar-refractivity contribution in [2.45, 2.75) is 4.90 Å². The van der Waals surface area contributed by atoms with Crippen LogP contribution in [-0.4, -0.2) is 47.3 Å². The number of sulfone groups is 1. The third kappa shape index (κ3) is 4.32. The Morgan fingerprint density at radius 3 is 2.40 bits per heavy atom. The van der Waals surface area contributed by atoms with Gasteiger partial charge in [0, 0.05) is 11.9 Å². The zero-order chi connectivity index (χ0) is 15.3. The number of benzene rings is 1. The largest absolute Gasteiger partial charge is 0.465 e. The van der Waals surface area contributed by atoms with E-state index in [-0.39, 0.29) is 28.6 Å². The number of hydrogen-bond acceptors (Lipinski definition) is 6. The van der Waals surface area contributed by atoms with Crippen LogP contribution in [0.5, 0.6) is 0 Å². The van der Waals surface area contributed by atoms with Crippen molar-refractivity contribution in [3.8, 4) is 0 Å². The zero-order valence-electron chi connectivity index (χ0n) is 11.4. The van der Waals surface area contributed by atoms with Gasteiger partial charge in [-0.25, -0.2) is 13.2 Å². The molecular formula is C12H16N2O5S. The average Bonchev–Trinajstić information content (AvgIpc) is 2.36. The fraction of sp³-hybridized carbons (Fsp3) is 0.333. The fourth-order valence-electron chi connectivity index (χ4n) is 1.49. The summed E-state index contributed by atoms with van der Waals surface area (Å²) in [7, 11) is -0.720. The van der Waals surface area contributed by atoms with Crippen molar-refractivity contribution < 1.29 is 22.7 Å². The minimum atomic E-state index is -3.51. The Hall–Kier alpha value is -1.93. The predicted molar refractivity (Wildman–Crippen MR) is 73.4 cm³/mol. The van der Waals surface area contributed by atoms with Crippen LogP contribution in [0.4, 0.5) is 5.69 Å². The second-order valence-electron chi connectivity index (χ2n) is 4.09. The van der Waals surface area contributed by atoms with Crippen molar-refractivity contribution in [3.63, 3.8) is 0 Å². The maximum atomic E-state index is 11.6. The number of carbonyl (C=O) groups excluding carboxylic acids is 2.